The van der Waals surface area contributed by atoms with Gasteiger partial charge in [0, 0.05) is 18.6 Å². The second kappa shape index (κ2) is 9.25. The molecule has 8 heteroatoms. The van der Waals surface area contributed by atoms with Crippen LogP contribution in [0.1, 0.15) is 39.5 Å². The van der Waals surface area contributed by atoms with Crippen LogP contribution in [0.2, 0.25) is 0 Å². The maximum atomic E-state index is 12.4. The van der Waals surface area contributed by atoms with E-state index in [2.05, 4.69) is 12.0 Å². The topological polar surface area (TPSA) is 87.2 Å². The van der Waals surface area contributed by atoms with Crippen molar-refractivity contribution in [2.75, 3.05) is 13.1 Å². The summed E-state index contributed by atoms with van der Waals surface area (Å²) in [5.41, 5.74) is -0.700. The minimum atomic E-state index is -1.54. The molecule has 0 spiro atoms. The summed E-state index contributed by atoms with van der Waals surface area (Å²) in [4.78, 5) is 38.3. The maximum Gasteiger partial charge on any atom is 0.422 e. The molecular formula is C18H24N2O5S. The Kier molecular flexibility index (Phi) is 7.65. The first-order chi connectivity index (χ1) is 12.0. The number of carbonyl (C=O) groups excluding carboxylic acids is 2. The van der Waals surface area contributed by atoms with E-state index in [0.717, 1.165) is 9.78 Å². The Balaban J connectivity index is 2.95. The third-order valence-corrected chi connectivity index (χ3v) is 3.87. The van der Waals surface area contributed by atoms with E-state index >= 15 is 0 Å². The lowest BCUT2D eigenvalue weighted by Crippen LogP contribution is -2.46. The average molecular weight is 380 g/mol. The number of aliphatic carboxylic acids is 1. The number of carboxylic acid groups (broad SMARTS) is 1. The molecule has 0 unspecified atom stereocenters. The van der Waals surface area contributed by atoms with Gasteiger partial charge in [0.05, 0.1) is 11.4 Å². The normalized spacial score (nSPS) is 10.7. The predicted molar refractivity (Wildman–Crippen MR) is 98.6 cm³/mol. The van der Waals surface area contributed by atoms with E-state index in [9.17, 15) is 14.4 Å². The van der Waals surface area contributed by atoms with Gasteiger partial charge in [0.25, 0.3) is 0 Å². The Morgan fingerprint density at radius 3 is 2.38 bits per heavy atom. The smallest absolute Gasteiger partial charge is 0.422 e. The molecule has 0 aliphatic carbocycles. The van der Waals surface area contributed by atoms with Crippen molar-refractivity contribution in [3.05, 3.63) is 22.4 Å². The van der Waals surface area contributed by atoms with Crippen molar-refractivity contribution in [1.29, 1.82) is 0 Å². The largest absolute Gasteiger partial charge is 0.474 e. The van der Waals surface area contributed by atoms with E-state index in [1.165, 1.54) is 16.2 Å². The number of carbonyl (C=O) groups is 3. The van der Waals surface area contributed by atoms with Crippen molar-refractivity contribution in [2.45, 2.75) is 46.3 Å². The molecule has 1 aromatic heterocycles. The Bertz CT molecular complexity index is 695. The summed E-state index contributed by atoms with van der Waals surface area (Å²) in [5.74, 6) is 0.317. The third-order valence-electron chi connectivity index (χ3n) is 3.08. The number of nitrogens with zero attached hydrogens (tertiary/aromatic N) is 2. The summed E-state index contributed by atoms with van der Waals surface area (Å²) in [5, 5.41) is 10.8. The molecule has 1 N–H and O–H groups in total. The molecule has 1 heterocycles. The standard InChI is InChI=1S/C18H24N2O5S/c1-13(2)20(15(21)16(22)23)11-10-19(17(24)25-18(3,4)5)9-8-14-7-6-12-26-14/h6-7,12-13H,10-11H2,1-5H3,(H,22,23). The summed E-state index contributed by atoms with van der Waals surface area (Å²) in [6.07, 6.45) is -0.645. The van der Waals surface area contributed by atoms with Gasteiger partial charge in [0.2, 0.25) is 0 Å². The average Bonchev–Trinajstić information content (AvgIpc) is 3.01. The summed E-state index contributed by atoms with van der Waals surface area (Å²) < 4.78 is 5.34. The number of ether oxygens (including phenoxy) is 1. The fourth-order valence-corrected chi connectivity index (χ4v) is 2.47. The summed E-state index contributed by atoms with van der Waals surface area (Å²) in [6.45, 7) is 8.69. The highest BCUT2D eigenvalue weighted by atomic mass is 32.1. The number of rotatable bonds is 4. The van der Waals surface area contributed by atoms with Crippen LogP contribution in [-0.2, 0) is 14.3 Å². The first-order valence-corrected chi connectivity index (χ1v) is 8.99. The molecule has 0 aliphatic heterocycles. The summed E-state index contributed by atoms with van der Waals surface area (Å²) >= 11 is 1.43. The Morgan fingerprint density at radius 2 is 1.92 bits per heavy atom. The predicted octanol–water partition coefficient (Wildman–Crippen LogP) is 2.62. The van der Waals surface area contributed by atoms with Crippen LogP contribution in [0.25, 0.3) is 0 Å². The summed E-state index contributed by atoms with van der Waals surface area (Å²) in [6, 6.07) is 6.08. The zero-order valence-electron chi connectivity index (χ0n) is 15.6. The van der Waals surface area contributed by atoms with Gasteiger partial charge in [-0.1, -0.05) is 6.07 Å². The molecule has 26 heavy (non-hydrogen) atoms. The molecule has 0 aliphatic rings. The fraction of sp³-hybridized carbons (Fsp3) is 0.500. The second-order valence-corrected chi connectivity index (χ2v) is 7.69. The van der Waals surface area contributed by atoms with E-state index in [-0.39, 0.29) is 19.1 Å². The first kappa shape index (κ1) is 21.5. The lowest BCUT2D eigenvalue weighted by Gasteiger charge is -2.28. The number of hydrogen-bond donors (Lipinski definition) is 1. The molecular weight excluding hydrogens is 356 g/mol. The molecule has 142 valence electrons. The van der Waals surface area contributed by atoms with Crippen LogP contribution in [0.5, 0.6) is 0 Å². The minimum Gasteiger partial charge on any atom is -0.474 e. The number of thiophene rings is 1. The molecule has 0 fully saturated rings. The Morgan fingerprint density at radius 1 is 1.27 bits per heavy atom. The van der Waals surface area contributed by atoms with E-state index in [4.69, 9.17) is 9.84 Å². The molecule has 1 rings (SSSR count). The van der Waals surface area contributed by atoms with Gasteiger partial charge in [0.15, 0.2) is 0 Å². The molecule has 0 saturated heterocycles. The van der Waals surface area contributed by atoms with Gasteiger partial charge in [-0.25, -0.2) is 14.5 Å². The van der Waals surface area contributed by atoms with Crippen LogP contribution < -0.4 is 0 Å². The fourth-order valence-electron chi connectivity index (χ4n) is 1.91. The molecule has 0 radical (unpaired) electrons. The van der Waals surface area contributed by atoms with E-state index < -0.39 is 23.6 Å². The van der Waals surface area contributed by atoms with Gasteiger partial charge in [-0.3, -0.25) is 4.79 Å². The molecule has 0 aromatic carbocycles. The maximum absolute atomic E-state index is 12.4. The third kappa shape index (κ3) is 7.15. The highest BCUT2D eigenvalue weighted by Gasteiger charge is 2.26. The van der Waals surface area contributed by atoms with Crippen molar-refractivity contribution in [3.63, 3.8) is 0 Å². The van der Waals surface area contributed by atoms with Gasteiger partial charge in [-0.2, -0.15) is 0 Å². The van der Waals surface area contributed by atoms with Crippen LogP contribution in [-0.4, -0.2) is 57.6 Å². The molecule has 2 amide bonds. The first-order valence-electron chi connectivity index (χ1n) is 8.11. The van der Waals surface area contributed by atoms with Gasteiger partial charge >= 0.3 is 18.0 Å². The summed E-state index contributed by atoms with van der Waals surface area (Å²) in [7, 11) is 0. The lowest BCUT2D eigenvalue weighted by molar-refractivity contribution is -0.156. The van der Waals surface area contributed by atoms with E-state index in [1.54, 1.807) is 34.6 Å². The van der Waals surface area contributed by atoms with Crippen molar-refractivity contribution in [3.8, 4) is 12.0 Å². The molecule has 0 atom stereocenters. The van der Waals surface area contributed by atoms with Gasteiger partial charge < -0.3 is 14.7 Å². The van der Waals surface area contributed by atoms with Gasteiger partial charge in [-0.15, -0.1) is 11.3 Å². The van der Waals surface area contributed by atoms with Crippen LogP contribution in [0.3, 0.4) is 0 Å². The molecule has 0 bridgehead atoms. The van der Waals surface area contributed by atoms with E-state index in [1.807, 2.05) is 17.5 Å². The van der Waals surface area contributed by atoms with Crippen LogP contribution >= 0.6 is 11.3 Å². The van der Waals surface area contributed by atoms with E-state index in [0.29, 0.717) is 0 Å². The van der Waals surface area contributed by atoms with Crippen LogP contribution in [0.15, 0.2) is 17.5 Å². The van der Waals surface area contributed by atoms with Crippen LogP contribution in [0, 0.1) is 12.0 Å². The Labute approximate surface area is 157 Å². The molecule has 1 aromatic rings. The quantitative estimate of drug-likeness (QED) is 0.493. The van der Waals surface area contributed by atoms with Crippen molar-refractivity contribution < 1.29 is 24.2 Å². The SMILES string of the molecule is CC(C)N(CCN(C#Cc1cccs1)C(=O)OC(C)(C)C)C(=O)C(=O)O. The zero-order chi connectivity index (χ0) is 19.9. The number of carboxylic acids is 1. The van der Waals surface area contributed by atoms with Gasteiger partial charge in [0.1, 0.15) is 5.60 Å². The molecule has 7 nitrogen and oxygen atoms in total. The minimum absolute atomic E-state index is 0.0289. The lowest BCUT2D eigenvalue weighted by atomic mass is 10.2. The molecule has 0 saturated carbocycles. The van der Waals surface area contributed by atoms with Crippen LogP contribution in [0.4, 0.5) is 4.79 Å². The second-order valence-electron chi connectivity index (χ2n) is 6.74. The number of amides is 2. The van der Waals surface area contributed by atoms with Crippen molar-refractivity contribution in [1.82, 2.24) is 9.80 Å². The Hall–Kier alpha value is -2.53. The monoisotopic (exact) mass is 380 g/mol. The highest BCUT2D eigenvalue weighted by molar-refractivity contribution is 7.10. The van der Waals surface area contributed by atoms with Crippen molar-refractivity contribution in [2.24, 2.45) is 0 Å². The van der Waals surface area contributed by atoms with Gasteiger partial charge in [-0.05, 0) is 52.0 Å². The van der Waals surface area contributed by atoms with Crippen molar-refractivity contribution >= 4 is 29.3 Å². The highest BCUT2D eigenvalue weighted by Crippen LogP contribution is 2.11. The number of hydrogen-bond acceptors (Lipinski definition) is 5. The zero-order valence-corrected chi connectivity index (χ0v) is 16.4.